The molecule has 0 saturated heterocycles. The minimum Gasteiger partial charge on any atom is -0.396 e. The van der Waals surface area contributed by atoms with Gasteiger partial charge >= 0.3 is 0 Å². The van der Waals surface area contributed by atoms with Gasteiger partial charge in [0.05, 0.1) is 11.9 Å². The van der Waals surface area contributed by atoms with E-state index in [1.165, 1.54) is 0 Å². The summed E-state index contributed by atoms with van der Waals surface area (Å²) in [6.07, 6.45) is 4.87. The number of amides is 1. The number of hydrogen-bond acceptors (Lipinski definition) is 3. The van der Waals surface area contributed by atoms with Gasteiger partial charge in [0.1, 0.15) is 5.69 Å². The van der Waals surface area contributed by atoms with Crippen molar-refractivity contribution in [1.82, 2.24) is 14.7 Å². The molecule has 0 saturated carbocycles. The van der Waals surface area contributed by atoms with Crippen molar-refractivity contribution in [3.63, 3.8) is 0 Å². The van der Waals surface area contributed by atoms with Crippen LogP contribution in [0.15, 0.2) is 6.20 Å². The second-order valence-corrected chi connectivity index (χ2v) is 5.06. The number of aromatic nitrogens is 2. The average Bonchev–Trinajstić information content (AvgIpc) is 2.74. The third-order valence-corrected chi connectivity index (χ3v) is 3.26. The summed E-state index contributed by atoms with van der Waals surface area (Å²) in [5.74, 6) is -0.0112. The molecule has 0 aliphatic heterocycles. The van der Waals surface area contributed by atoms with Crippen molar-refractivity contribution in [1.29, 1.82) is 0 Å². The molecule has 1 aromatic rings. The Kier molecular flexibility index (Phi) is 5.86. The van der Waals surface area contributed by atoms with E-state index in [9.17, 15) is 4.79 Å². The van der Waals surface area contributed by atoms with Crippen LogP contribution in [-0.2, 0) is 6.54 Å². The summed E-state index contributed by atoms with van der Waals surface area (Å²) in [6.45, 7) is 9.61. The first-order chi connectivity index (χ1) is 9.02. The standard InChI is InChI=1S/C14H26N4O/c1-5-7-8-9-17(11(3)4)14(19)13-12(15)10-16-18(13)6-2/h10-11H,5-9,15H2,1-4H3. The fourth-order valence-corrected chi connectivity index (χ4v) is 2.14. The van der Waals surface area contributed by atoms with E-state index in [2.05, 4.69) is 12.0 Å². The first-order valence-corrected chi connectivity index (χ1v) is 7.15. The van der Waals surface area contributed by atoms with E-state index in [-0.39, 0.29) is 11.9 Å². The number of nitrogens with two attached hydrogens (primary N) is 1. The zero-order chi connectivity index (χ0) is 14.4. The molecule has 0 aromatic carbocycles. The van der Waals surface area contributed by atoms with E-state index < -0.39 is 0 Å². The van der Waals surface area contributed by atoms with Crippen LogP contribution >= 0.6 is 0 Å². The predicted molar refractivity (Wildman–Crippen MR) is 78.0 cm³/mol. The number of hydrogen-bond donors (Lipinski definition) is 1. The minimum absolute atomic E-state index is 0.0112. The highest BCUT2D eigenvalue weighted by molar-refractivity contribution is 5.97. The van der Waals surface area contributed by atoms with Gasteiger partial charge < -0.3 is 10.6 Å². The normalized spacial score (nSPS) is 11.0. The van der Waals surface area contributed by atoms with Crippen LogP contribution in [0.3, 0.4) is 0 Å². The van der Waals surface area contributed by atoms with Crippen LogP contribution in [0.5, 0.6) is 0 Å². The van der Waals surface area contributed by atoms with Crippen molar-refractivity contribution in [2.45, 2.75) is 59.5 Å². The van der Waals surface area contributed by atoms with Gasteiger partial charge in [-0.1, -0.05) is 19.8 Å². The number of nitrogens with zero attached hydrogens (tertiary/aromatic N) is 3. The van der Waals surface area contributed by atoms with E-state index in [1.54, 1.807) is 10.9 Å². The molecule has 1 aromatic heterocycles. The van der Waals surface area contributed by atoms with Gasteiger partial charge in [-0.25, -0.2) is 0 Å². The first-order valence-electron chi connectivity index (χ1n) is 7.15. The molecule has 108 valence electrons. The number of carbonyl (C=O) groups excluding carboxylic acids is 1. The van der Waals surface area contributed by atoms with Gasteiger partial charge in [-0.3, -0.25) is 9.48 Å². The summed E-state index contributed by atoms with van der Waals surface area (Å²) in [5, 5.41) is 4.14. The summed E-state index contributed by atoms with van der Waals surface area (Å²) < 4.78 is 1.67. The van der Waals surface area contributed by atoms with E-state index in [4.69, 9.17) is 5.73 Å². The second kappa shape index (κ2) is 7.16. The third-order valence-electron chi connectivity index (χ3n) is 3.26. The van der Waals surface area contributed by atoms with Gasteiger partial charge in [-0.2, -0.15) is 5.10 Å². The molecule has 5 nitrogen and oxygen atoms in total. The molecule has 0 aliphatic rings. The summed E-state index contributed by atoms with van der Waals surface area (Å²) in [7, 11) is 0. The Morgan fingerprint density at radius 3 is 2.63 bits per heavy atom. The van der Waals surface area contributed by atoms with Crippen LogP contribution in [0, 0.1) is 0 Å². The molecular formula is C14H26N4O. The Hall–Kier alpha value is -1.52. The maximum Gasteiger partial charge on any atom is 0.274 e. The van der Waals surface area contributed by atoms with Crippen LogP contribution in [0.4, 0.5) is 5.69 Å². The molecule has 0 bridgehead atoms. The zero-order valence-corrected chi connectivity index (χ0v) is 12.5. The highest BCUT2D eigenvalue weighted by Crippen LogP contribution is 2.16. The zero-order valence-electron chi connectivity index (χ0n) is 12.5. The van der Waals surface area contributed by atoms with E-state index in [1.807, 2.05) is 25.7 Å². The molecule has 19 heavy (non-hydrogen) atoms. The van der Waals surface area contributed by atoms with Gasteiger partial charge in [-0.05, 0) is 27.2 Å². The highest BCUT2D eigenvalue weighted by Gasteiger charge is 2.24. The van der Waals surface area contributed by atoms with Crippen molar-refractivity contribution in [2.75, 3.05) is 12.3 Å². The van der Waals surface area contributed by atoms with Gasteiger partial charge in [0.25, 0.3) is 5.91 Å². The van der Waals surface area contributed by atoms with Gasteiger partial charge in [-0.15, -0.1) is 0 Å². The predicted octanol–water partition coefficient (Wildman–Crippen LogP) is 2.53. The Morgan fingerprint density at radius 2 is 2.11 bits per heavy atom. The molecular weight excluding hydrogens is 240 g/mol. The van der Waals surface area contributed by atoms with Crippen molar-refractivity contribution < 1.29 is 4.79 Å². The summed E-state index contributed by atoms with van der Waals surface area (Å²) in [6, 6.07) is 0.170. The van der Waals surface area contributed by atoms with E-state index in [0.717, 1.165) is 25.8 Å². The van der Waals surface area contributed by atoms with Crippen LogP contribution < -0.4 is 5.73 Å². The number of aryl methyl sites for hydroxylation is 1. The Morgan fingerprint density at radius 1 is 1.42 bits per heavy atom. The fourth-order valence-electron chi connectivity index (χ4n) is 2.14. The number of carbonyl (C=O) groups is 1. The first kappa shape index (κ1) is 15.5. The Labute approximate surface area is 115 Å². The van der Waals surface area contributed by atoms with Crippen LogP contribution in [0.1, 0.15) is 57.4 Å². The average molecular weight is 266 g/mol. The number of nitrogen functional groups attached to an aromatic ring is 1. The summed E-state index contributed by atoms with van der Waals surface area (Å²) in [5.41, 5.74) is 6.87. The van der Waals surface area contributed by atoms with Crippen molar-refractivity contribution in [3.8, 4) is 0 Å². The van der Waals surface area contributed by atoms with Gasteiger partial charge in [0, 0.05) is 19.1 Å². The Balaban J connectivity index is 2.89. The monoisotopic (exact) mass is 266 g/mol. The van der Waals surface area contributed by atoms with Crippen molar-refractivity contribution >= 4 is 11.6 Å². The van der Waals surface area contributed by atoms with Gasteiger partial charge in [0.2, 0.25) is 0 Å². The summed E-state index contributed by atoms with van der Waals surface area (Å²) >= 11 is 0. The lowest BCUT2D eigenvalue weighted by Crippen LogP contribution is -2.39. The second-order valence-electron chi connectivity index (χ2n) is 5.06. The minimum atomic E-state index is -0.0112. The topological polar surface area (TPSA) is 64.2 Å². The van der Waals surface area contributed by atoms with E-state index in [0.29, 0.717) is 17.9 Å². The summed E-state index contributed by atoms with van der Waals surface area (Å²) in [4.78, 5) is 14.5. The lowest BCUT2D eigenvalue weighted by molar-refractivity contribution is 0.0690. The smallest absolute Gasteiger partial charge is 0.274 e. The lowest BCUT2D eigenvalue weighted by Gasteiger charge is -2.27. The van der Waals surface area contributed by atoms with Crippen LogP contribution in [0.25, 0.3) is 0 Å². The molecule has 1 amide bonds. The van der Waals surface area contributed by atoms with Crippen molar-refractivity contribution in [3.05, 3.63) is 11.9 Å². The molecule has 1 rings (SSSR count). The van der Waals surface area contributed by atoms with Crippen LogP contribution in [-0.4, -0.2) is 33.2 Å². The van der Waals surface area contributed by atoms with Crippen molar-refractivity contribution in [2.24, 2.45) is 0 Å². The molecule has 0 aliphatic carbocycles. The molecule has 0 radical (unpaired) electrons. The van der Waals surface area contributed by atoms with E-state index >= 15 is 0 Å². The fraction of sp³-hybridized carbons (Fsp3) is 0.714. The molecule has 0 spiro atoms. The molecule has 5 heteroatoms. The molecule has 0 unspecified atom stereocenters. The largest absolute Gasteiger partial charge is 0.396 e. The molecule has 0 fully saturated rings. The number of unbranched alkanes of at least 4 members (excludes halogenated alkanes) is 2. The maximum atomic E-state index is 12.6. The molecule has 1 heterocycles. The Bertz CT molecular complexity index is 412. The maximum absolute atomic E-state index is 12.6. The quantitative estimate of drug-likeness (QED) is 0.771. The lowest BCUT2D eigenvalue weighted by atomic mass is 10.2. The SMILES string of the molecule is CCCCCN(C(=O)c1c(N)cnn1CC)C(C)C. The highest BCUT2D eigenvalue weighted by atomic mass is 16.2. The molecule has 0 atom stereocenters. The third kappa shape index (κ3) is 3.72. The molecule has 2 N–H and O–H groups in total. The van der Waals surface area contributed by atoms with Gasteiger partial charge in [0.15, 0.2) is 0 Å². The number of anilines is 1. The number of rotatable bonds is 7. The van der Waals surface area contributed by atoms with Crippen LogP contribution in [0.2, 0.25) is 0 Å².